The van der Waals surface area contributed by atoms with Gasteiger partial charge in [0, 0.05) is 57.1 Å². The number of amides is 2. The smallest absolute Gasteiger partial charge is 0.255 e. The first-order chi connectivity index (χ1) is 17.3. The molecule has 0 atom stereocenters. The average Bonchev–Trinajstić information content (AvgIpc) is 2.88. The number of hydrogen-bond donors (Lipinski definition) is 1. The highest BCUT2D eigenvalue weighted by Gasteiger charge is 2.19. The van der Waals surface area contributed by atoms with Crippen molar-refractivity contribution in [1.82, 2.24) is 4.90 Å². The predicted molar refractivity (Wildman–Crippen MR) is 146 cm³/mol. The maximum Gasteiger partial charge on any atom is 0.255 e. The molecular weight excluding hydrogens is 452 g/mol. The molecule has 4 rings (SSSR count). The van der Waals surface area contributed by atoms with E-state index in [0.29, 0.717) is 5.56 Å². The van der Waals surface area contributed by atoms with Crippen molar-refractivity contribution in [2.45, 2.75) is 13.8 Å². The van der Waals surface area contributed by atoms with Crippen LogP contribution in [0.15, 0.2) is 60.7 Å². The van der Waals surface area contributed by atoms with E-state index < -0.39 is 0 Å². The van der Waals surface area contributed by atoms with Gasteiger partial charge in [-0.1, -0.05) is 18.2 Å². The van der Waals surface area contributed by atoms with Crippen LogP contribution >= 0.6 is 0 Å². The molecule has 1 fully saturated rings. The van der Waals surface area contributed by atoms with Crippen LogP contribution in [0.1, 0.15) is 22.8 Å². The van der Waals surface area contributed by atoms with E-state index in [0.717, 1.165) is 65.7 Å². The Morgan fingerprint density at radius 1 is 0.944 bits per heavy atom. The first-order valence-corrected chi connectivity index (χ1v) is 12.1. The Balaban J connectivity index is 1.49. The molecule has 0 unspecified atom stereocenters. The van der Waals surface area contributed by atoms with Gasteiger partial charge in [-0.2, -0.15) is 0 Å². The Hall–Kier alpha value is -3.84. The van der Waals surface area contributed by atoms with Crippen LogP contribution in [0.4, 0.5) is 17.1 Å². The number of carbonyl (C=O) groups excluding carboxylic acids is 2. The third kappa shape index (κ3) is 5.52. The molecule has 1 saturated heterocycles. The third-order valence-electron chi connectivity index (χ3n) is 6.81. The molecule has 3 aromatic carbocycles. The van der Waals surface area contributed by atoms with Gasteiger partial charge in [0.25, 0.3) is 5.91 Å². The first-order valence-electron chi connectivity index (χ1n) is 12.1. The predicted octanol–water partition coefficient (Wildman–Crippen LogP) is 4.66. The van der Waals surface area contributed by atoms with E-state index in [-0.39, 0.29) is 11.8 Å². The molecule has 0 spiro atoms. The lowest BCUT2D eigenvalue weighted by Crippen LogP contribution is -2.44. The summed E-state index contributed by atoms with van der Waals surface area (Å²) in [4.78, 5) is 30.9. The van der Waals surface area contributed by atoms with Crippen LogP contribution in [0.3, 0.4) is 0 Å². The molecule has 1 heterocycles. The summed E-state index contributed by atoms with van der Waals surface area (Å²) >= 11 is 0. The summed E-state index contributed by atoms with van der Waals surface area (Å²) in [5, 5.41) is 3.03. The van der Waals surface area contributed by atoms with E-state index in [1.807, 2.05) is 67.6 Å². The lowest BCUT2D eigenvalue weighted by molar-refractivity contribution is -0.116. The van der Waals surface area contributed by atoms with E-state index in [2.05, 4.69) is 22.2 Å². The second-order valence-electron chi connectivity index (χ2n) is 9.29. The number of nitrogens with one attached hydrogen (secondary N) is 1. The van der Waals surface area contributed by atoms with E-state index >= 15 is 0 Å². The van der Waals surface area contributed by atoms with Crippen molar-refractivity contribution < 1.29 is 14.3 Å². The highest BCUT2D eigenvalue weighted by Crippen LogP contribution is 2.32. The number of methoxy groups -OCH3 is 1. The van der Waals surface area contributed by atoms with Gasteiger partial charge in [-0.15, -0.1) is 0 Å². The van der Waals surface area contributed by atoms with Crippen molar-refractivity contribution >= 4 is 28.9 Å². The van der Waals surface area contributed by atoms with Gasteiger partial charge in [0.2, 0.25) is 5.91 Å². The number of anilines is 3. The van der Waals surface area contributed by atoms with Crippen LogP contribution in [0.2, 0.25) is 0 Å². The Morgan fingerprint density at radius 2 is 1.64 bits per heavy atom. The van der Waals surface area contributed by atoms with Gasteiger partial charge in [0.1, 0.15) is 5.75 Å². The molecule has 1 aliphatic heterocycles. The zero-order chi connectivity index (χ0) is 25.8. The Kier molecular flexibility index (Phi) is 7.60. The number of piperazine rings is 1. The number of carbonyl (C=O) groups is 2. The van der Waals surface area contributed by atoms with Gasteiger partial charge in [-0.3, -0.25) is 9.59 Å². The Bertz CT molecular complexity index is 1250. The van der Waals surface area contributed by atoms with Gasteiger partial charge in [0.15, 0.2) is 0 Å². The van der Waals surface area contributed by atoms with Gasteiger partial charge in [0.05, 0.1) is 12.8 Å². The molecule has 3 aromatic rings. The molecule has 7 heteroatoms. The average molecular weight is 487 g/mol. The van der Waals surface area contributed by atoms with E-state index in [9.17, 15) is 9.59 Å². The minimum atomic E-state index is -0.161. The standard InChI is InChI=1S/C29H34N4O3/c1-20-18-25(32(4)21(2)34)11-12-26(20)22-6-8-23(9-7-22)29(35)30-24-10-13-28(36-5)27(19-24)33-16-14-31(3)15-17-33/h6-13,18-19H,14-17H2,1-5H3,(H,30,35). The van der Waals surface area contributed by atoms with Crippen molar-refractivity contribution in [3.05, 3.63) is 71.8 Å². The minimum Gasteiger partial charge on any atom is -0.495 e. The van der Waals surface area contributed by atoms with Crippen molar-refractivity contribution in [2.75, 3.05) is 62.5 Å². The number of hydrogen-bond acceptors (Lipinski definition) is 5. The fourth-order valence-corrected chi connectivity index (χ4v) is 4.43. The fourth-order valence-electron chi connectivity index (χ4n) is 4.43. The number of benzene rings is 3. The van der Waals surface area contributed by atoms with Crippen LogP contribution in [0, 0.1) is 6.92 Å². The fraction of sp³-hybridized carbons (Fsp3) is 0.310. The summed E-state index contributed by atoms with van der Waals surface area (Å²) in [6, 6.07) is 19.3. The van der Waals surface area contributed by atoms with Gasteiger partial charge < -0.3 is 24.8 Å². The number of aryl methyl sites for hydroxylation is 1. The molecular formula is C29H34N4O3. The number of ether oxygens (including phenoxy) is 1. The summed E-state index contributed by atoms with van der Waals surface area (Å²) in [5.41, 5.74) is 6.31. The largest absolute Gasteiger partial charge is 0.495 e. The van der Waals surface area contributed by atoms with Crippen LogP contribution < -0.4 is 19.9 Å². The topological polar surface area (TPSA) is 65.1 Å². The monoisotopic (exact) mass is 486 g/mol. The second-order valence-corrected chi connectivity index (χ2v) is 9.29. The molecule has 188 valence electrons. The third-order valence-corrected chi connectivity index (χ3v) is 6.81. The second kappa shape index (κ2) is 10.8. The Labute approximate surface area is 213 Å². The zero-order valence-corrected chi connectivity index (χ0v) is 21.7. The van der Waals surface area contributed by atoms with Crippen LogP contribution in [0.5, 0.6) is 5.75 Å². The molecule has 2 amide bonds. The van der Waals surface area contributed by atoms with Crippen molar-refractivity contribution in [3.63, 3.8) is 0 Å². The van der Waals surface area contributed by atoms with Crippen LogP contribution in [-0.2, 0) is 4.79 Å². The molecule has 0 saturated carbocycles. The quantitative estimate of drug-likeness (QED) is 0.549. The summed E-state index contributed by atoms with van der Waals surface area (Å²) < 4.78 is 5.58. The molecule has 0 aromatic heterocycles. The van der Waals surface area contributed by atoms with Crippen molar-refractivity contribution in [2.24, 2.45) is 0 Å². The SMILES string of the molecule is COc1ccc(NC(=O)c2ccc(-c3ccc(N(C)C(C)=O)cc3C)cc2)cc1N1CCN(C)CC1. The zero-order valence-electron chi connectivity index (χ0n) is 21.7. The Morgan fingerprint density at radius 3 is 2.25 bits per heavy atom. The maximum atomic E-state index is 13.0. The summed E-state index contributed by atoms with van der Waals surface area (Å²) in [7, 11) is 5.56. The number of nitrogens with zero attached hydrogens (tertiary/aromatic N) is 3. The summed E-state index contributed by atoms with van der Waals surface area (Å²) in [6.07, 6.45) is 0. The lowest BCUT2D eigenvalue weighted by Gasteiger charge is -2.34. The minimum absolute atomic E-state index is 0.00923. The summed E-state index contributed by atoms with van der Waals surface area (Å²) in [5.74, 6) is 0.633. The molecule has 1 aliphatic rings. The molecule has 0 bridgehead atoms. The highest BCUT2D eigenvalue weighted by molar-refractivity contribution is 6.05. The summed E-state index contributed by atoms with van der Waals surface area (Å²) in [6.45, 7) is 7.37. The molecule has 0 radical (unpaired) electrons. The van der Waals surface area contributed by atoms with Gasteiger partial charge in [-0.05, 0) is 73.1 Å². The molecule has 36 heavy (non-hydrogen) atoms. The van der Waals surface area contributed by atoms with Crippen molar-refractivity contribution in [3.8, 4) is 16.9 Å². The van der Waals surface area contributed by atoms with Gasteiger partial charge >= 0.3 is 0 Å². The normalized spacial score (nSPS) is 13.9. The van der Waals surface area contributed by atoms with E-state index in [1.54, 1.807) is 26.0 Å². The molecule has 7 nitrogen and oxygen atoms in total. The van der Waals surface area contributed by atoms with Crippen molar-refractivity contribution in [1.29, 1.82) is 0 Å². The first kappa shape index (κ1) is 25.3. The maximum absolute atomic E-state index is 13.0. The molecule has 0 aliphatic carbocycles. The molecule has 1 N–H and O–H groups in total. The number of likely N-dealkylation sites (N-methyl/N-ethyl adjacent to an activating group) is 1. The van der Waals surface area contributed by atoms with Gasteiger partial charge in [-0.25, -0.2) is 0 Å². The van der Waals surface area contributed by atoms with Crippen LogP contribution in [0.25, 0.3) is 11.1 Å². The van der Waals surface area contributed by atoms with Crippen LogP contribution in [-0.4, -0.2) is 64.1 Å². The van der Waals surface area contributed by atoms with E-state index in [4.69, 9.17) is 4.74 Å². The lowest BCUT2D eigenvalue weighted by atomic mass is 9.98. The van der Waals surface area contributed by atoms with E-state index in [1.165, 1.54) is 0 Å². The highest BCUT2D eigenvalue weighted by atomic mass is 16.5. The number of rotatable bonds is 6.